The second-order valence-corrected chi connectivity index (χ2v) is 4.75. The van der Waals surface area contributed by atoms with Crippen LogP contribution >= 0.6 is 11.6 Å². The normalized spacial score (nSPS) is 15.1. The summed E-state index contributed by atoms with van der Waals surface area (Å²) in [6, 6.07) is 8.20. The minimum Gasteiger partial charge on any atom is -0.444 e. The second-order valence-electron chi connectivity index (χ2n) is 4.31. The fraction of sp³-hybridized carbons (Fsp3) is 0.308. The zero-order chi connectivity index (χ0) is 11.7. The van der Waals surface area contributed by atoms with Gasteiger partial charge in [0, 0.05) is 23.2 Å². The Morgan fingerprint density at radius 3 is 3.06 bits per heavy atom. The van der Waals surface area contributed by atoms with Crippen LogP contribution in [0.1, 0.15) is 18.5 Å². The Hall–Kier alpha value is -1.32. The summed E-state index contributed by atoms with van der Waals surface area (Å²) in [4.78, 5) is 4.43. The number of hydrogen-bond acceptors (Lipinski definition) is 3. The molecule has 1 fully saturated rings. The van der Waals surface area contributed by atoms with Gasteiger partial charge < -0.3 is 9.73 Å². The van der Waals surface area contributed by atoms with Crippen LogP contribution in [0.25, 0.3) is 11.5 Å². The second kappa shape index (κ2) is 4.51. The van der Waals surface area contributed by atoms with Crippen LogP contribution < -0.4 is 5.32 Å². The van der Waals surface area contributed by atoms with Gasteiger partial charge in [0.1, 0.15) is 6.26 Å². The monoisotopic (exact) mass is 248 g/mol. The fourth-order valence-electron chi connectivity index (χ4n) is 1.68. The summed E-state index contributed by atoms with van der Waals surface area (Å²) in [6.07, 6.45) is 4.25. The van der Waals surface area contributed by atoms with Crippen molar-refractivity contribution >= 4 is 11.6 Å². The summed E-state index contributed by atoms with van der Waals surface area (Å²) in [7, 11) is 0. The number of aromatic nitrogens is 1. The molecule has 0 saturated heterocycles. The van der Waals surface area contributed by atoms with E-state index in [0.29, 0.717) is 17.0 Å². The van der Waals surface area contributed by atoms with E-state index in [1.165, 1.54) is 12.8 Å². The molecule has 1 aliphatic rings. The number of benzene rings is 1. The Kier molecular flexibility index (Phi) is 2.87. The van der Waals surface area contributed by atoms with Crippen LogP contribution in [-0.2, 0) is 6.54 Å². The zero-order valence-electron chi connectivity index (χ0n) is 9.32. The molecule has 1 aromatic heterocycles. The molecule has 1 heterocycles. The van der Waals surface area contributed by atoms with Gasteiger partial charge in [0.25, 0.3) is 0 Å². The molecule has 0 spiro atoms. The van der Waals surface area contributed by atoms with Crippen LogP contribution in [0.3, 0.4) is 0 Å². The Morgan fingerprint density at radius 2 is 2.29 bits per heavy atom. The van der Waals surface area contributed by atoms with E-state index in [1.54, 1.807) is 6.26 Å². The molecule has 0 amide bonds. The zero-order valence-corrected chi connectivity index (χ0v) is 10.1. The van der Waals surface area contributed by atoms with Crippen LogP contribution in [0.4, 0.5) is 0 Å². The molecule has 0 bridgehead atoms. The molecule has 4 heteroatoms. The number of halogens is 1. The van der Waals surface area contributed by atoms with E-state index in [-0.39, 0.29) is 0 Å². The van der Waals surface area contributed by atoms with Crippen molar-refractivity contribution in [2.75, 3.05) is 0 Å². The van der Waals surface area contributed by atoms with Gasteiger partial charge in [-0.1, -0.05) is 17.7 Å². The third-order valence-corrected chi connectivity index (χ3v) is 3.01. The first-order valence-electron chi connectivity index (χ1n) is 5.75. The molecule has 1 aliphatic carbocycles. The predicted octanol–water partition coefficient (Wildman–Crippen LogP) is 3.25. The van der Waals surface area contributed by atoms with Crippen molar-refractivity contribution < 1.29 is 4.42 Å². The molecule has 0 atom stereocenters. The Morgan fingerprint density at radius 1 is 1.41 bits per heavy atom. The highest BCUT2D eigenvalue weighted by atomic mass is 35.5. The molecule has 1 aromatic carbocycles. The van der Waals surface area contributed by atoms with Crippen molar-refractivity contribution in [3.8, 4) is 11.5 Å². The van der Waals surface area contributed by atoms with Gasteiger partial charge in [0.2, 0.25) is 5.89 Å². The fourth-order valence-corrected chi connectivity index (χ4v) is 1.87. The number of nitrogens with one attached hydrogen (secondary N) is 1. The summed E-state index contributed by atoms with van der Waals surface area (Å²) < 4.78 is 5.45. The Labute approximate surface area is 105 Å². The van der Waals surface area contributed by atoms with Crippen molar-refractivity contribution in [3.63, 3.8) is 0 Å². The summed E-state index contributed by atoms with van der Waals surface area (Å²) in [5.74, 6) is 0.625. The summed E-state index contributed by atoms with van der Waals surface area (Å²) in [5.41, 5.74) is 1.85. The topological polar surface area (TPSA) is 38.1 Å². The van der Waals surface area contributed by atoms with Gasteiger partial charge in [0.15, 0.2) is 0 Å². The minimum atomic E-state index is 0.625. The van der Waals surface area contributed by atoms with E-state index in [9.17, 15) is 0 Å². The lowest BCUT2D eigenvalue weighted by atomic mass is 10.2. The first-order valence-corrected chi connectivity index (χ1v) is 6.13. The van der Waals surface area contributed by atoms with Gasteiger partial charge in [-0.25, -0.2) is 4.98 Å². The quantitative estimate of drug-likeness (QED) is 0.903. The van der Waals surface area contributed by atoms with E-state index in [1.807, 2.05) is 24.3 Å². The van der Waals surface area contributed by atoms with E-state index < -0.39 is 0 Å². The van der Waals surface area contributed by atoms with Gasteiger partial charge >= 0.3 is 0 Å². The third-order valence-electron chi connectivity index (χ3n) is 2.77. The van der Waals surface area contributed by atoms with E-state index in [0.717, 1.165) is 17.8 Å². The maximum atomic E-state index is 5.93. The van der Waals surface area contributed by atoms with Crippen LogP contribution in [0, 0.1) is 0 Å². The van der Waals surface area contributed by atoms with Gasteiger partial charge in [0.05, 0.1) is 5.69 Å². The van der Waals surface area contributed by atoms with E-state index in [2.05, 4.69) is 10.3 Å². The largest absolute Gasteiger partial charge is 0.444 e. The molecule has 0 aliphatic heterocycles. The molecule has 0 unspecified atom stereocenters. The lowest BCUT2D eigenvalue weighted by molar-refractivity contribution is 0.570. The number of rotatable bonds is 4. The van der Waals surface area contributed by atoms with Crippen molar-refractivity contribution in [3.05, 3.63) is 41.2 Å². The van der Waals surface area contributed by atoms with Crippen molar-refractivity contribution in [1.29, 1.82) is 0 Å². The molecule has 1 N–H and O–H groups in total. The molecule has 1 saturated carbocycles. The molecule has 3 rings (SSSR count). The van der Waals surface area contributed by atoms with Crippen molar-refractivity contribution in [2.24, 2.45) is 0 Å². The summed E-state index contributed by atoms with van der Waals surface area (Å²) in [5, 5.41) is 4.09. The molecule has 2 aromatic rings. The molecular weight excluding hydrogens is 236 g/mol. The van der Waals surface area contributed by atoms with Gasteiger partial charge in [-0.15, -0.1) is 0 Å². The van der Waals surface area contributed by atoms with Crippen LogP contribution in [0.5, 0.6) is 0 Å². The average molecular weight is 249 g/mol. The molecular formula is C13H13ClN2O. The lowest BCUT2D eigenvalue weighted by Gasteiger charge is -1.97. The smallest absolute Gasteiger partial charge is 0.226 e. The van der Waals surface area contributed by atoms with Crippen LogP contribution in [-0.4, -0.2) is 11.0 Å². The first kappa shape index (κ1) is 10.8. The van der Waals surface area contributed by atoms with Crippen LogP contribution in [0.15, 0.2) is 34.9 Å². The average Bonchev–Trinajstić information content (AvgIpc) is 3.04. The Bertz CT molecular complexity index is 520. The van der Waals surface area contributed by atoms with E-state index in [4.69, 9.17) is 16.0 Å². The van der Waals surface area contributed by atoms with Crippen LogP contribution in [0.2, 0.25) is 5.02 Å². The first-order chi connectivity index (χ1) is 8.31. The highest BCUT2D eigenvalue weighted by Gasteiger charge is 2.20. The highest BCUT2D eigenvalue weighted by Crippen LogP contribution is 2.23. The van der Waals surface area contributed by atoms with E-state index >= 15 is 0 Å². The standard InChI is InChI=1S/C13H13ClN2O/c14-10-3-1-2-9(6-10)13-16-12(8-17-13)7-15-11-4-5-11/h1-3,6,8,11,15H,4-5,7H2. The summed E-state index contributed by atoms with van der Waals surface area (Å²) >= 11 is 5.93. The number of oxazole rings is 1. The third kappa shape index (κ3) is 2.68. The maximum absolute atomic E-state index is 5.93. The van der Waals surface area contributed by atoms with Gasteiger partial charge in [-0.3, -0.25) is 0 Å². The summed E-state index contributed by atoms with van der Waals surface area (Å²) in [6.45, 7) is 0.773. The molecule has 17 heavy (non-hydrogen) atoms. The number of hydrogen-bond donors (Lipinski definition) is 1. The van der Waals surface area contributed by atoms with Crippen molar-refractivity contribution in [1.82, 2.24) is 10.3 Å². The predicted molar refractivity (Wildman–Crippen MR) is 66.8 cm³/mol. The molecule has 0 radical (unpaired) electrons. The Balaban J connectivity index is 1.74. The SMILES string of the molecule is Clc1cccc(-c2nc(CNC3CC3)co2)c1. The lowest BCUT2D eigenvalue weighted by Crippen LogP contribution is -2.15. The number of nitrogens with zero attached hydrogens (tertiary/aromatic N) is 1. The maximum Gasteiger partial charge on any atom is 0.226 e. The highest BCUT2D eigenvalue weighted by molar-refractivity contribution is 6.30. The van der Waals surface area contributed by atoms with Gasteiger partial charge in [-0.2, -0.15) is 0 Å². The molecule has 88 valence electrons. The molecule has 3 nitrogen and oxygen atoms in total. The van der Waals surface area contributed by atoms with Crippen molar-refractivity contribution in [2.45, 2.75) is 25.4 Å². The van der Waals surface area contributed by atoms with Gasteiger partial charge in [-0.05, 0) is 31.0 Å². The minimum absolute atomic E-state index is 0.625.